The molecule has 1 N–H and O–H groups in total. The minimum atomic E-state index is -1.31. The van der Waals surface area contributed by atoms with Crippen molar-refractivity contribution in [2.45, 2.75) is 19.5 Å². The summed E-state index contributed by atoms with van der Waals surface area (Å²) in [7, 11) is 3.89. The highest BCUT2D eigenvalue weighted by Crippen LogP contribution is 2.30. The Labute approximate surface area is 172 Å². The molecular formula is C21H24FN5O3. The number of hydrogen-bond donors (Lipinski definition) is 1. The molecule has 8 nitrogen and oxygen atoms in total. The van der Waals surface area contributed by atoms with E-state index >= 15 is 4.39 Å². The normalized spacial score (nSPS) is 17.6. The number of nitrogens with zero attached hydrogens (tertiary/aromatic N) is 5. The molecule has 0 aliphatic carbocycles. The predicted octanol–water partition coefficient (Wildman–Crippen LogP) is 2.09. The van der Waals surface area contributed by atoms with Gasteiger partial charge in [0.15, 0.2) is 0 Å². The van der Waals surface area contributed by atoms with Crippen LogP contribution in [-0.2, 0) is 13.6 Å². The summed E-state index contributed by atoms with van der Waals surface area (Å²) in [6, 6.07) is 4.79. The Balaban J connectivity index is 1.79. The van der Waals surface area contributed by atoms with Crippen molar-refractivity contribution in [1.82, 2.24) is 19.2 Å². The van der Waals surface area contributed by atoms with Crippen molar-refractivity contribution < 1.29 is 14.3 Å². The zero-order chi connectivity index (χ0) is 21.6. The number of halogens is 1. The molecule has 2 aromatic heterocycles. The van der Waals surface area contributed by atoms with E-state index in [4.69, 9.17) is 0 Å². The molecule has 0 bridgehead atoms. The second-order valence-corrected chi connectivity index (χ2v) is 7.64. The van der Waals surface area contributed by atoms with Gasteiger partial charge in [-0.15, -0.1) is 0 Å². The topological polar surface area (TPSA) is 83.6 Å². The highest BCUT2D eigenvalue weighted by molar-refractivity contribution is 5.93. The van der Waals surface area contributed by atoms with E-state index in [1.807, 2.05) is 38.2 Å². The van der Waals surface area contributed by atoms with Gasteiger partial charge in [0.05, 0.1) is 22.9 Å². The second-order valence-electron chi connectivity index (χ2n) is 7.64. The number of carbonyl (C=O) groups is 1. The van der Waals surface area contributed by atoms with E-state index in [0.717, 1.165) is 12.2 Å². The van der Waals surface area contributed by atoms with Crippen LogP contribution in [0.2, 0.25) is 0 Å². The van der Waals surface area contributed by atoms with Crippen molar-refractivity contribution in [1.29, 1.82) is 0 Å². The van der Waals surface area contributed by atoms with Crippen molar-refractivity contribution in [2.24, 2.45) is 7.05 Å². The van der Waals surface area contributed by atoms with E-state index in [2.05, 4.69) is 10.00 Å². The third kappa shape index (κ3) is 3.35. The number of hydrogen-bond acceptors (Lipinski definition) is 5. The number of benzene rings is 1. The fourth-order valence-corrected chi connectivity index (χ4v) is 4.08. The number of aromatic nitrogens is 3. The van der Waals surface area contributed by atoms with Gasteiger partial charge in [0.25, 0.3) is 0 Å². The van der Waals surface area contributed by atoms with Gasteiger partial charge in [0.2, 0.25) is 5.43 Å². The molecule has 1 fully saturated rings. The summed E-state index contributed by atoms with van der Waals surface area (Å²) in [4.78, 5) is 28.1. The van der Waals surface area contributed by atoms with Gasteiger partial charge in [0.1, 0.15) is 11.4 Å². The molecule has 1 aliphatic rings. The molecule has 3 heterocycles. The van der Waals surface area contributed by atoms with E-state index in [9.17, 15) is 14.7 Å². The highest BCUT2D eigenvalue weighted by Gasteiger charge is 2.29. The molecule has 1 aromatic carbocycles. The van der Waals surface area contributed by atoms with Crippen LogP contribution in [0.5, 0.6) is 0 Å². The summed E-state index contributed by atoms with van der Waals surface area (Å²) in [5.41, 5.74) is 0.824. The van der Waals surface area contributed by atoms with Gasteiger partial charge in [0, 0.05) is 51.0 Å². The number of carboxylic acids is 1. The molecule has 0 radical (unpaired) electrons. The van der Waals surface area contributed by atoms with E-state index in [1.165, 1.54) is 12.3 Å². The monoisotopic (exact) mass is 413 g/mol. The predicted molar refractivity (Wildman–Crippen MR) is 112 cm³/mol. The first kappa shape index (κ1) is 20.1. The van der Waals surface area contributed by atoms with Gasteiger partial charge in [-0.1, -0.05) is 0 Å². The van der Waals surface area contributed by atoms with Crippen LogP contribution < -0.4 is 10.3 Å². The van der Waals surface area contributed by atoms with Crippen molar-refractivity contribution in [3.63, 3.8) is 0 Å². The zero-order valence-corrected chi connectivity index (χ0v) is 17.2. The lowest BCUT2D eigenvalue weighted by Crippen LogP contribution is -2.47. The van der Waals surface area contributed by atoms with Crippen LogP contribution in [0.15, 0.2) is 35.4 Å². The first-order valence-electron chi connectivity index (χ1n) is 9.85. The van der Waals surface area contributed by atoms with Gasteiger partial charge < -0.3 is 14.6 Å². The lowest BCUT2D eigenvalue weighted by molar-refractivity contribution is 0.0695. The Bertz CT molecular complexity index is 1190. The smallest absolute Gasteiger partial charge is 0.341 e. The number of pyridine rings is 1. The molecule has 9 heteroatoms. The Kier molecular flexibility index (Phi) is 5.07. The number of aromatic carboxylic acids is 1. The van der Waals surface area contributed by atoms with Gasteiger partial charge in [-0.05, 0) is 32.2 Å². The summed E-state index contributed by atoms with van der Waals surface area (Å²) in [6.45, 7) is 4.23. The minimum Gasteiger partial charge on any atom is -0.477 e. The maximum Gasteiger partial charge on any atom is 0.341 e. The van der Waals surface area contributed by atoms with Crippen molar-refractivity contribution in [3.05, 3.63) is 57.9 Å². The van der Waals surface area contributed by atoms with E-state index in [-0.39, 0.29) is 17.0 Å². The molecule has 1 atom stereocenters. The number of carboxylic acid groups (broad SMARTS) is 1. The van der Waals surface area contributed by atoms with Crippen molar-refractivity contribution in [3.8, 4) is 0 Å². The first-order valence-corrected chi connectivity index (χ1v) is 9.85. The third-order valence-corrected chi connectivity index (χ3v) is 5.78. The molecule has 0 amide bonds. The van der Waals surface area contributed by atoms with Crippen LogP contribution in [0, 0.1) is 5.82 Å². The molecule has 1 aliphatic heterocycles. The number of likely N-dealkylation sites (N-methyl/N-ethyl adjacent to an activating group) is 1. The minimum absolute atomic E-state index is 0.0119. The van der Waals surface area contributed by atoms with E-state index in [0.29, 0.717) is 30.8 Å². The van der Waals surface area contributed by atoms with Crippen LogP contribution in [0.25, 0.3) is 10.9 Å². The summed E-state index contributed by atoms with van der Waals surface area (Å²) in [5, 5.41) is 13.9. The number of anilines is 1. The molecule has 158 valence electrons. The molecule has 1 unspecified atom stereocenters. The molecular weight excluding hydrogens is 389 g/mol. The lowest BCUT2D eigenvalue weighted by atomic mass is 10.1. The highest BCUT2D eigenvalue weighted by atomic mass is 19.1. The zero-order valence-electron chi connectivity index (χ0n) is 17.2. The summed E-state index contributed by atoms with van der Waals surface area (Å²) in [5.74, 6) is -1.85. The first-order chi connectivity index (χ1) is 14.3. The Morgan fingerprint density at radius 2 is 2.07 bits per heavy atom. The van der Waals surface area contributed by atoms with Crippen molar-refractivity contribution in [2.75, 3.05) is 31.6 Å². The van der Waals surface area contributed by atoms with Crippen LogP contribution in [0.4, 0.5) is 10.1 Å². The number of fused-ring (bicyclic) bond motifs is 1. The standard InChI is InChI=1S/C21H24FN5O3/c1-4-26-11-14(21(29)30)20(28)13-9-15(22)18(10-17(13)26)27-8-7-24(2)19(12-27)16-5-6-25(3)23-16/h5-6,9-11,19H,4,7-8,12H2,1-3H3,(H,29,30). The molecule has 3 aromatic rings. The third-order valence-electron chi connectivity index (χ3n) is 5.78. The Hall–Kier alpha value is -3.20. The average molecular weight is 413 g/mol. The van der Waals surface area contributed by atoms with Crippen molar-refractivity contribution >= 4 is 22.6 Å². The summed E-state index contributed by atoms with van der Waals surface area (Å²) < 4.78 is 18.5. The van der Waals surface area contributed by atoms with E-state index in [1.54, 1.807) is 15.3 Å². The Morgan fingerprint density at radius 3 is 2.70 bits per heavy atom. The molecule has 30 heavy (non-hydrogen) atoms. The molecule has 0 spiro atoms. The Morgan fingerprint density at radius 1 is 1.30 bits per heavy atom. The average Bonchev–Trinajstić information content (AvgIpc) is 3.14. The number of aryl methyl sites for hydroxylation is 2. The van der Waals surface area contributed by atoms with Gasteiger partial charge >= 0.3 is 5.97 Å². The van der Waals surface area contributed by atoms with Gasteiger partial charge in [-0.2, -0.15) is 5.10 Å². The maximum atomic E-state index is 15.1. The van der Waals surface area contributed by atoms with Crippen LogP contribution in [0.1, 0.15) is 29.0 Å². The van der Waals surface area contributed by atoms with Gasteiger partial charge in [-0.25, -0.2) is 9.18 Å². The molecule has 0 saturated carbocycles. The number of piperazine rings is 1. The van der Waals surface area contributed by atoms with E-state index < -0.39 is 17.2 Å². The van der Waals surface area contributed by atoms with Crippen LogP contribution >= 0.6 is 0 Å². The quantitative estimate of drug-likeness (QED) is 0.705. The van der Waals surface area contributed by atoms with Crippen LogP contribution in [-0.4, -0.2) is 57.0 Å². The summed E-state index contributed by atoms with van der Waals surface area (Å²) >= 11 is 0. The lowest BCUT2D eigenvalue weighted by Gasteiger charge is -2.40. The molecule has 4 rings (SSSR count). The maximum absolute atomic E-state index is 15.1. The van der Waals surface area contributed by atoms with Crippen LogP contribution in [0.3, 0.4) is 0 Å². The SMILES string of the molecule is CCn1cc(C(=O)O)c(=O)c2cc(F)c(N3CCN(C)C(c4ccn(C)n4)C3)cc21. The van der Waals surface area contributed by atoms with Gasteiger partial charge in [-0.3, -0.25) is 14.4 Å². The largest absolute Gasteiger partial charge is 0.477 e. The molecule has 1 saturated heterocycles. The fourth-order valence-electron chi connectivity index (χ4n) is 4.08. The fraction of sp³-hybridized carbons (Fsp3) is 0.381. The second kappa shape index (κ2) is 7.56. The summed E-state index contributed by atoms with van der Waals surface area (Å²) in [6.07, 6.45) is 3.22. The number of rotatable bonds is 4.